The number of carbonyl (C=O) groups is 1. The van der Waals surface area contributed by atoms with Crippen LogP contribution in [0.5, 0.6) is 0 Å². The van der Waals surface area contributed by atoms with Crippen molar-refractivity contribution in [3.63, 3.8) is 0 Å². The Morgan fingerprint density at radius 1 is 1.07 bits per heavy atom. The molecular formula is C24H27NO4. The highest BCUT2D eigenvalue weighted by atomic mass is 16.5. The van der Waals surface area contributed by atoms with Crippen LogP contribution in [0.1, 0.15) is 43.7 Å². The van der Waals surface area contributed by atoms with E-state index >= 15 is 0 Å². The van der Waals surface area contributed by atoms with Gasteiger partial charge in [-0.15, -0.1) is 0 Å². The summed E-state index contributed by atoms with van der Waals surface area (Å²) < 4.78 is 7.35. The molecule has 0 saturated heterocycles. The number of hydrogen-bond donors (Lipinski definition) is 1. The van der Waals surface area contributed by atoms with Crippen molar-refractivity contribution in [2.75, 3.05) is 0 Å². The summed E-state index contributed by atoms with van der Waals surface area (Å²) in [6.07, 6.45) is -1.28. The van der Waals surface area contributed by atoms with Crippen molar-refractivity contribution >= 4 is 16.7 Å². The molecule has 1 heterocycles. The Kier molecular flexibility index (Phi) is 5.37. The van der Waals surface area contributed by atoms with Crippen LogP contribution in [0.15, 0.2) is 47.3 Å². The Balaban J connectivity index is 2.50. The molecule has 1 aromatic heterocycles. The van der Waals surface area contributed by atoms with E-state index in [2.05, 4.69) is 6.07 Å². The van der Waals surface area contributed by atoms with Gasteiger partial charge in [-0.05, 0) is 57.2 Å². The lowest BCUT2D eigenvalue weighted by Gasteiger charge is -2.29. The van der Waals surface area contributed by atoms with Gasteiger partial charge in [0, 0.05) is 18.0 Å². The Morgan fingerprint density at radius 3 is 2.24 bits per heavy atom. The molecule has 0 aliphatic heterocycles. The van der Waals surface area contributed by atoms with E-state index in [1.54, 1.807) is 33.9 Å². The number of carboxylic acid groups (broad SMARTS) is 1. The van der Waals surface area contributed by atoms with Crippen molar-refractivity contribution in [2.24, 2.45) is 7.05 Å². The number of aryl methyl sites for hydroxylation is 2. The van der Waals surface area contributed by atoms with E-state index in [4.69, 9.17) is 4.74 Å². The first-order chi connectivity index (χ1) is 13.5. The zero-order valence-electron chi connectivity index (χ0n) is 17.7. The molecule has 0 spiro atoms. The molecule has 3 aromatic rings. The fourth-order valence-electron chi connectivity index (χ4n) is 3.74. The molecule has 0 aliphatic carbocycles. The largest absolute Gasteiger partial charge is 0.479 e. The molecule has 5 nitrogen and oxygen atoms in total. The molecule has 152 valence electrons. The van der Waals surface area contributed by atoms with Gasteiger partial charge in [0.25, 0.3) is 5.56 Å². The quantitative estimate of drug-likeness (QED) is 0.694. The highest BCUT2D eigenvalue weighted by Crippen LogP contribution is 2.38. The predicted octanol–water partition coefficient (Wildman–Crippen LogP) is 4.76. The zero-order chi connectivity index (χ0) is 21.5. The van der Waals surface area contributed by atoms with Gasteiger partial charge in [0.2, 0.25) is 0 Å². The Bertz CT molecular complexity index is 1150. The summed E-state index contributed by atoms with van der Waals surface area (Å²) in [4.78, 5) is 25.3. The first-order valence-electron chi connectivity index (χ1n) is 9.61. The summed E-state index contributed by atoms with van der Waals surface area (Å²) >= 11 is 0. The lowest BCUT2D eigenvalue weighted by atomic mass is 9.91. The molecule has 0 fully saturated rings. The summed E-state index contributed by atoms with van der Waals surface area (Å²) in [6.45, 7) is 9.42. The standard InChI is InChI=1S/C24H27NO4/c1-14-11-12-16(15(2)13-14)19-17-9-7-8-10-18(17)22(26)25(6)20(19)21(23(27)28)29-24(3,4)5/h7-13,21H,1-6H3,(H,27,28). The number of hydrogen-bond acceptors (Lipinski definition) is 3. The van der Waals surface area contributed by atoms with Crippen LogP contribution in [-0.2, 0) is 16.6 Å². The maximum absolute atomic E-state index is 13.1. The van der Waals surface area contributed by atoms with Crippen LogP contribution in [0.4, 0.5) is 0 Å². The minimum absolute atomic E-state index is 0.243. The smallest absolute Gasteiger partial charge is 0.339 e. The molecule has 5 heteroatoms. The van der Waals surface area contributed by atoms with Crippen LogP contribution in [-0.4, -0.2) is 21.2 Å². The van der Waals surface area contributed by atoms with E-state index in [9.17, 15) is 14.7 Å². The van der Waals surface area contributed by atoms with Gasteiger partial charge in [-0.1, -0.05) is 42.0 Å². The summed E-state index contributed by atoms with van der Waals surface area (Å²) in [5.74, 6) is -1.13. The topological polar surface area (TPSA) is 68.5 Å². The van der Waals surface area contributed by atoms with E-state index in [-0.39, 0.29) is 5.56 Å². The van der Waals surface area contributed by atoms with Gasteiger partial charge in [-0.25, -0.2) is 4.79 Å². The molecule has 1 atom stereocenters. The van der Waals surface area contributed by atoms with Gasteiger partial charge >= 0.3 is 5.97 Å². The molecule has 3 rings (SSSR count). The molecule has 0 aliphatic rings. The predicted molar refractivity (Wildman–Crippen MR) is 115 cm³/mol. The second-order valence-electron chi connectivity index (χ2n) is 8.44. The molecule has 29 heavy (non-hydrogen) atoms. The minimum Gasteiger partial charge on any atom is -0.479 e. The summed E-state index contributed by atoms with van der Waals surface area (Å²) in [5, 5.41) is 11.3. The van der Waals surface area contributed by atoms with Crippen molar-refractivity contribution in [3.8, 4) is 11.1 Å². The number of ether oxygens (including phenoxy) is 1. The monoisotopic (exact) mass is 393 g/mol. The van der Waals surface area contributed by atoms with E-state index in [0.717, 1.165) is 27.6 Å². The van der Waals surface area contributed by atoms with Crippen molar-refractivity contribution in [3.05, 3.63) is 69.6 Å². The summed E-state index contributed by atoms with van der Waals surface area (Å²) in [5.41, 5.74) is 3.14. The first-order valence-corrected chi connectivity index (χ1v) is 9.61. The first kappa shape index (κ1) is 20.8. The normalized spacial score (nSPS) is 12.9. The maximum atomic E-state index is 13.1. The van der Waals surface area contributed by atoms with Crippen molar-refractivity contribution in [1.29, 1.82) is 0 Å². The molecule has 0 saturated carbocycles. The third-order valence-corrected chi connectivity index (χ3v) is 4.94. The summed E-state index contributed by atoms with van der Waals surface area (Å²) in [7, 11) is 1.61. The van der Waals surface area contributed by atoms with Crippen LogP contribution in [0.25, 0.3) is 21.9 Å². The number of benzene rings is 2. The maximum Gasteiger partial charge on any atom is 0.339 e. The second-order valence-corrected chi connectivity index (χ2v) is 8.44. The highest BCUT2D eigenvalue weighted by Gasteiger charge is 2.33. The molecule has 1 unspecified atom stereocenters. The molecule has 2 aromatic carbocycles. The average Bonchev–Trinajstić information content (AvgIpc) is 2.62. The van der Waals surface area contributed by atoms with Crippen molar-refractivity contribution < 1.29 is 14.6 Å². The zero-order valence-corrected chi connectivity index (χ0v) is 17.7. The second kappa shape index (κ2) is 7.48. The van der Waals surface area contributed by atoms with E-state index < -0.39 is 17.7 Å². The van der Waals surface area contributed by atoms with Gasteiger partial charge in [-0.3, -0.25) is 4.79 Å². The van der Waals surface area contributed by atoms with Gasteiger partial charge in [0.15, 0.2) is 6.10 Å². The van der Waals surface area contributed by atoms with Gasteiger partial charge in [0.05, 0.1) is 11.3 Å². The number of nitrogens with zero attached hydrogens (tertiary/aromatic N) is 1. The van der Waals surface area contributed by atoms with Crippen molar-refractivity contribution in [1.82, 2.24) is 4.57 Å². The molecule has 1 N–H and O–H groups in total. The number of aromatic nitrogens is 1. The Hall–Kier alpha value is -2.92. The van der Waals surface area contributed by atoms with Crippen LogP contribution < -0.4 is 5.56 Å². The minimum atomic E-state index is -1.28. The Labute approximate surface area is 170 Å². The number of rotatable bonds is 4. The van der Waals surface area contributed by atoms with Crippen LogP contribution in [0, 0.1) is 13.8 Å². The number of carboxylic acids is 1. The SMILES string of the molecule is Cc1ccc(-c2c(C(OC(C)(C)C)C(=O)O)n(C)c(=O)c3ccccc23)c(C)c1. The lowest BCUT2D eigenvalue weighted by Crippen LogP contribution is -2.33. The fraction of sp³-hybridized carbons (Fsp3) is 0.333. The molecule has 0 bridgehead atoms. The third kappa shape index (κ3) is 3.96. The number of fused-ring (bicyclic) bond motifs is 1. The van der Waals surface area contributed by atoms with Gasteiger partial charge in [0.1, 0.15) is 0 Å². The van der Waals surface area contributed by atoms with Crippen LogP contribution in [0.2, 0.25) is 0 Å². The summed E-state index contributed by atoms with van der Waals surface area (Å²) in [6, 6.07) is 13.3. The lowest BCUT2D eigenvalue weighted by molar-refractivity contribution is -0.161. The van der Waals surface area contributed by atoms with E-state index in [0.29, 0.717) is 11.1 Å². The molecular weight excluding hydrogens is 366 g/mol. The average molecular weight is 393 g/mol. The number of aliphatic carboxylic acids is 1. The third-order valence-electron chi connectivity index (χ3n) is 4.94. The van der Waals surface area contributed by atoms with Crippen molar-refractivity contribution in [2.45, 2.75) is 46.3 Å². The molecule has 0 radical (unpaired) electrons. The van der Waals surface area contributed by atoms with Crippen LogP contribution in [0.3, 0.4) is 0 Å². The molecule has 0 amide bonds. The van der Waals surface area contributed by atoms with Gasteiger partial charge in [-0.2, -0.15) is 0 Å². The number of pyridine rings is 1. The van der Waals surface area contributed by atoms with E-state index in [1.165, 1.54) is 4.57 Å². The highest BCUT2D eigenvalue weighted by molar-refractivity contribution is 5.99. The van der Waals surface area contributed by atoms with E-state index in [1.807, 2.05) is 44.2 Å². The fourth-order valence-corrected chi connectivity index (χ4v) is 3.74. The van der Waals surface area contributed by atoms with Crippen LogP contribution >= 0.6 is 0 Å². The van der Waals surface area contributed by atoms with Gasteiger partial charge < -0.3 is 14.4 Å². The Morgan fingerprint density at radius 2 is 1.69 bits per heavy atom.